The molecule has 4 atom stereocenters. The van der Waals surface area contributed by atoms with Gasteiger partial charge in [-0.1, -0.05) is 32.8 Å². The number of hydrogen-bond donors (Lipinski definition) is 1. The van der Waals surface area contributed by atoms with Crippen molar-refractivity contribution in [3.05, 3.63) is 70.0 Å². The van der Waals surface area contributed by atoms with Gasteiger partial charge in [0.1, 0.15) is 5.82 Å². The highest BCUT2D eigenvalue weighted by molar-refractivity contribution is 5.87. The van der Waals surface area contributed by atoms with Gasteiger partial charge in [-0.15, -0.1) is 0 Å². The molecule has 2 aromatic carbocycles. The molecule has 0 aromatic heterocycles. The van der Waals surface area contributed by atoms with Crippen LogP contribution in [0, 0.1) is 18.7 Å². The average Bonchev–Trinajstić information content (AvgIpc) is 2.82. The quantitative estimate of drug-likeness (QED) is 0.376. The third-order valence-corrected chi connectivity index (χ3v) is 7.73. The van der Waals surface area contributed by atoms with Gasteiger partial charge in [0.05, 0.1) is 22.7 Å². The molecular formula is C28H33F7N2O. The molecule has 0 spiro atoms. The maximum Gasteiger partial charge on any atom is 0.416 e. The van der Waals surface area contributed by atoms with Crippen LogP contribution >= 0.6 is 0 Å². The number of aryl methyl sites for hydroxylation is 1. The van der Waals surface area contributed by atoms with Crippen LogP contribution in [0.5, 0.6) is 0 Å². The van der Waals surface area contributed by atoms with E-state index < -0.39 is 52.7 Å². The van der Waals surface area contributed by atoms with Gasteiger partial charge in [0.15, 0.2) is 0 Å². The van der Waals surface area contributed by atoms with Gasteiger partial charge in [-0.25, -0.2) is 4.39 Å². The van der Waals surface area contributed by atoms with Crippen molar-refractivity contribution in [3.63, 3.8) is 0 Å². The van der Waals surface area contributed by atoms with Crippen molar-refractivity contribution in [2.45, 2.75) is 83.2 Å². The third kappa shape index (κ3) is 6.33. The van der Waals surface area contributed by atoms with Crippen LogP contribution in [0.1, 0.15) is 86.2 Å². The Morgan fingerprint density at radius 2 is 1.63 bits per heavy atom. The highest BCUT2D eigenvalue weighted by Crippen LogP contribution is 2.42. The summed E-state index contributed by atoms with van der Waals surface area (Å²) in [4.78, 5) is 15.5. The molecule has 0 bridgehead atoms. The van der Waals surface area contributed by atoms with Crippen LogP contribution in [-0.4, -0.2) is 22.9 Å². The number of hydrogen-bond acceptors (Lipinski definition) is 2. The number of nitrogens with two attached hydrogens (primary N) is 1. The molecule has 0 radical (unpaired) electrons. The number of likely N-dealkylation sites (tertiary alicyclic amines) is 1. The number of nitrogens with zero attached hydrogens (tertiary/aromatic N) is 1. The van der Waals surface area contributed by atoms with Crippen LogP contribution in [0.3, 0.4) is 0 Å². The van der Waals surface area contributed by atoms with E-state index in [2.05, 4.69) is 6.92 Å². The van der Waals surface area contributed by atoms with E-state index in [1.165, 1.54) is 26.0 Å². The summed E-state index contributed by atoms with van der Waals surface area (Å²) in [6, 6.07) is 5.13. The summed E-state index contributed by atoms with van der Waals surface area (Å²) in [5, 5.41) is 0. The molecule has 2 aromatic rings. The largest absolute Gasteiger partial charge is 0.416 e. The Morgan fingerprint density at radius 3 is 2.13 bits per heavy atom. The van der Waals surface area contributed by atoms with Gasteiger partial charge in [-0.3, -0.25) is 4.79 Å². The first-order chi connectivity index (χ1) is 17.5. The van der Waals surface area contributed by atoms with Crippen molar-refractivity contribution in [2.24, 2.45) is 11.7 Å². The Bertz CT molecular complexity index is 1120. The molecule has 1 fully saturated rings. The third-order valence-electron chi connectivity index (χ3n) is 7.73. The average molecular weight is 547 g/mol. The summed E-state index contributed by atoms with van der Waals surface area (Å²) < 4.78 is 94.5. The van der Waals surface area contributed by atoms with Crippen molar-refractivity contribution in [1.29, 1.82) is 0 Å². The minimum absolute atomic E-state index is 0.0533. The molecule has 0 aliphatic carbocycles. The Balaban J connectivity index is 2.02. The van der Waals surface area contributed by atoms with Crippen LogP contribution in [0.15, 0.2) is 36.4 Å². The number of carbonyl (C=O) groups is 1. The molecule has 2 N–H and O–H groups in total. The molecule has 0 saturated carbocycles. The molecule has 38 heavy (non-hydrogen) atoms. The summed E-state index contributed by atoms with van der Waals surface area (Å²) >= 11 is 0. The molecule has 3 nitrogen and oxygen atoms in total. The molecular weight excluding hydrogens is 513 g/mol. The fraction of sp³-hybridized carbons (Fsp3) is 0.536. The molecule has 1 saturated heterocycles. The zero-order valence-electron chi connectivity index (χ0n) is 21.8. The topological polar surface area (TPSA) is 46.3 Å². The number of alkyl halides is 6. The number of rotatable bonds is 6. The Hall–Kier alpha value is -2.62. The van der Waals surface area contributed by atoms with E-state index in [9.17, 15) is 35.5 Å². The SMILES string of the molecule is CCC[C@H]1CCN(C(=O)C(C)(N)[C@H](C)c2cc(C(F)(F)F)cc(C(F)(F)F)c2)[C@@H](c2ccc(F)cc2C)C1. The molecule has 1 aliphatic rings. The summed E-state index contributed by atoms with van der Waals surface area (Å²) in [6.07, 6.45) is -6.88. The Labute approximate surface area is 218 Å². The second-order valence-electron chi connectivity index (χ2n) is 10.5. The molecule has 1 amide bonds. The van der Waals surface area contributed by atoms with Crippen molar-refractivity contribution < 1.29 is 35.5 Å². The van der Waals surface area contributed by atoms with Gasteiger partial charge in [-0.2, -0.15) is 26.3 Å². The smallest absolute Gasteiger partial charge is 0.334 e. The van der Waals surface area contributed by atoms with E-state index in [0.717, 1.165) is 18.4 Å². The standard InChI is InChI=1S/C28H33F7N2O/c1-5-6-18-9-10-37(24(12-18)23-8-7-22(29)11-16(23)2)25(38)26(4,36)17(3)19-13-20(27(30,31)32)15-21(14-19)28(33,34)35/h7-8,11,13-15,17-18,24H,5-6,9-10,12,36H2,1-4H3/t17-,18+,24-,26?/m1/s1. The first-order valence-corrected chi connectivity index (χ1v) is 12.6. The zero-order valence-corrected chi connectivity index (χ0v) is 21.8. The summed E-state index contributed by atoms with van der Waals surface area (Å²) in [5.74, 6) is -1.88. The normalized spacial score (nSPS) is 21.2. The molecule has 10 heteroatoms. The molecule has 1 heterocycles. The van der Waals surface area contributed by atoms with Crippen molar-refractivity contribution >= 4 is 5.91 Å². The second-order valence-corrected chi connectivity index (χ2v) is 10.5. The molecule has 1 aliphatic heterocycles. The predicted octanol–water partition coefficient (Wildman–Crippen LogP) is 7.77. The first-order valence-electron chi connectivity index (χ1n) is 12.6. The lowest BCUT2D eigenvalue weighted by atomic mass is 9.78. The van der Waals surface area contributed by atoms with Crippen LogP contribution in [0.4, 0.5) is 30.7 Å². The van der Waals surface area contributed by atoms with Crippen LogP contribution in [0.25, 0.3) is 0 Å². The predicted molar refractivity (Wildman–Crippen MR) is 131 cm³/mol. The van der Waals surface area contributed by atoms with E-state index >= 15 is 0 Å². The zero-order chi connectivity index (χ0) is 28.6. The lowest BCUT2D eigenvalue weighted by Crippen LogP contribution is -2.58. The summed E-state index contributed by atoms with van der Waals surface area (Å²) in [5.41, 5.74) is 2.77. The van der Waals surface area contributed by atoms with Gasteiger partial charge < -0.3 is 10.6 Å². The Morgan fingerprint density at radius 1 is 1.05 bits per heavy atom. The first kappa shape index (κ1) is 29.9. The number of halogens is 7. The minimum atomic E-state index is -5.02. The fourth-order valence-electron chi connectivity index (χ4n) is 5.33. The highest BCUT2D eigenvalue weighted by atomic mass is 19.4. The lowest BCUT2D eigenvalue weighted by Gasteiger charge is -2.45. The monoisotopic (exact) mass is 546 g/mol. The second kappa shape index (κ2) is 10.9. The summed E-state index contributed by atoms with van der Waals surface area (Å²) in [6.45, 7) is 6.80. The van der Waals surface area contributed by atoms with Gasteiger partial charge in [0, 0.05) is 12.5 Å². The van der Waals surface area contributed by atoms with E-state index in [1.807, 2.05) is 0 Å². The van der Waals surface area contributed by atoms with Gasteiger partial charge in [0.2, 0.25) is 5.91 Å². The van der Waals surface area contributed by atoms with Gasteiger partial charge in [0.25, 0.3) is 0 Å². The van der Waals surface area contributed by atoms with Gasteiger partial charge >= 0.3 is 12.4 Å². The minimum Gasteiger partial charge on any atom is -0.334 e. The molecule has 210 valence electrons. The number of carbonyl (C=O) groups excluding carboxylic acids is 1. The lowest BCUT2D eigenvalue weighted by molar-refractivity contribution is -0.143. The van der Waals surface area contributed by atoms with Crippen LogP contribution < -0.4 is 5.73 Å². The number of piperidine rings is 1. The fourth-order valence-corrected chi connectivity index (χ4v) is 5.33. The molecule has 1 unspecified atom stereocenters. The highest BCUT2D eigenvalue weighted by Gasteiger charge is 2.45. The Kier molecular flexibility index (Phi) is 8.56. The van der Waals surface area contributed by atoms with E-state index in [1.54, 1.807) is 17.9 Å². The van der Waals surface area contributed by atoms with Crippen LogP contribution in [0.2, 0.25) is 0 Å². The van der Waals surface area contributed by atoms with Crippen molar-refractivity contribution in [1.82, 2.24) is 4.90 Å². The van der Waals surface area contributed by atoms with E-state index in [4.69, 9.17) is 5.73 Å². The van der Waals surface area contributed by atoms with Crippen LogP contribution in [-0.2, 0) is 17.1 Å². The maximum absolute atomic E-state index is 13.9. The number of benzene rings is 2. The maximum atomic E-state index is 13.9. The van der Waals surface area contributed by atoms with E-state index in [-0.39, 0.29) is 11.6 Å². The number of amides is 1. The van der Waals surface area contributed by atoms with E-state index in [0.29, 0.717) is 43.0 Å². The summed E-state index contributed by atoms with van der Waals surface area (Å²) in [7, 11) is 0. The molecule has 3 rings (SSSR count). The van der Waals surface area contributed by atoms with Gasteiger partial charge in [-0.05, 0) is 79.6 Å². The van der Waals surface area contributed by atoms with Crippen molar-refractivity contribution in [3.8, 4) is 0 Å². The van der Waals surface area contributed by atoms with Crippen molar-refractivity contribution in [2.75, 3.05) is 6.54 Å².